The van der Waals surface area contributed by atoms with Gasteiger partial charge in [0.25, 0.3) is 0 Å². The van der Waals surface area contributed by atoms with Gasteiger partial charge in [0, 0.05) is 6.92 Å². The Bertz CT molecular complexity index is 259. The Kier molecular flexibility index (Phi) is 4.92. The summed E-state index contributed by atoms with van der Waals surface area (Å²) >= 11 is 0. The highest BCUT2D eigenvalue weighted by Gasteiger charge is 2.16. The molecule has 0 aliphatic rings. The summed E-state index contributed by atoms with van der Waals surface area (Å²) in [5.74, 6) is -0.276. The van der Waals surface area contributed by atoms with Crippen molar-refractivity contribution < 1.29 is 9.53 Å². The molecule has 2 nitrogen and oxygen atoms in total. The molecule has 0 aromatic heterocycles. The topological polar surface area (TPSA) is 26.3 Å². The molecule has 0 aliphatic carbocycles. The van der Waals surface area contributed by atoms with Crippen LogP contribution in [0.25, 0.3) is 0 Å². The lowest BCUT2D eigenvalue weighted by Crippen LogP contribution is -2.23. The van der Waals surface area contributed by atoms with Gasteiger partial charge >= 0.3 is 5.97 Å². The third-order valence-corrected chi connectivity index (χ3v) is 1.59. The zero-order valence-electron chi connectivity index (χ0n) is 9.17. The van der Waals surface area contributed by atoms with Crippen LogP contribution in [0.2, 0.25) is 0 Å². The lowest BCUT2D eigenvalue weighted by Gasteiger charge is -2.19. The fourth-order valence-corrected chi connectivity index (χ4v) is 0.982. The maximum atomic E-state index is 10.7. The number of carbonyl (C=O) groups excluding carboxylic acids is 1. The Labute approximate surface area is 86.0 Å². The average Bonchev–Trinajstić information content (AvgIpc) is 2.01. The summed E-state index contributed by atoms with van der Waals surface area (Å²) in [6, 6.07) is 0. The van der Waals surface area contributed by atoms with E-state index in [1.807, 2.05) is 26.0 Å². The van der Waals surface area contributed by atoms with Crippen molar-refractivity contribution in [2.45, 2.75) is 32.8 Å². The van der Waals surface area contributed by atoms with Gasteiger partial charge in [-0.25, -0.2) is 0 Å². The van der Waals surface area contributed by atoms with E-state index in [0.717, 1.165) is 12.0 Å². The maximum Gasteiger partial charge on any atom is 0.303 e. The highest BCUT2D eigenvalue weighted by Crippen LogP contribution is 2.12. The van der Waals surface area contributed by atoms with E-state index < -0.39 is 5.60 Å². The molecular formula is C12H18O2. The Morgan fingerprint density at radius 2 is 2.07 bits per heavy atom. The van der Waals surface area contributed by atoms with Crippen molar-refractivity contribution >= 4 is 5.97 Å². The number of ether oxygens (including phenoxy) is 1. The van der Waals surface area contributed by atoms with Gasteiger partial charge in [0.15, 0.2) is 0 Å². The molecule has 0 unspecified atom stereocenters. The van der Waals surface area contributed by atoms with E-state index in [4.69, 9.17) is 4.74 Å². The summed E-state index contributed by atoms with van der Waals surface area (Å²) in [5.41, 5.74) is 0.396. The van der Waals surface area contributed by atoms with Crippen LogP contribution in [0.4, 0.5) is 0 Å². The van der Waals surface area contributed by atoms with Gasteiger partial charge in [-0.1, -0.05) is 30.9 Å². The fraction of sp³-hybridized carbons (Fsp3) is 0.417. The first-order valence-electron chi connectivity index (χ1n) is 4.55. The highest BCUT2D eigenvalue weighted by molar-refractivity contribution is 5.66. The molecule has 2 heteroatoms. The molecule has 0 heterocycles. The van der Waals surface area contributed by atoms with Crippen LogP contribution in [0.1, 0.15) is 27.2 Å². The van der Waals surface area contributed by atoms with Gasteiger partial charge in [0.05, 0.1) is 0 Å². The quantitative estimate of drug-likeness (QED) is 0.382. The van der Waals surface area contributed by atoms with Gasteiger partial charge in [0.1, 0.15) is 5.60 Å². The van der Waals surface area contributed by atoms with E-state index in [9.17, 15) is 4.79 Å². The first-order chi connectivity index (χ1) is 6.37. The summed E-state index contributed by atoms with van der Waals surface area (Å²) in [4.78, 5) is 10.7. The summed E-state index contributed by atoms with van der Waals surface area (Å²) < 4.78 is 5.07. The molecule has 0 atom stereocenters. The van der Waals surface area contributed by atoms with E-state index >= 15 is 0 Å². The van der Waals surface area contributed by atoms with E-state index in [-0.39, 0.29) is 5.97 Å². The molecule has 0 bridgehead atoms. The zero-order chi connectivity index (χ0) is 11.2. The molecule has 0 aromatic carbocycles. The third-order valence-electron chi connectivity index (χ3n) is 1.59. The fourth-order valence-electron chi connectivity index (χ4n) is 0.982. The molecule has 0 radical (unpaired) electrons. The van der Waals surface area contributed by atoms with Crippen LogP contribution in [-0.4, -0.2) is 11.6 Å². The first-order valence-corrected chi connectivity index (χ1v) is 4.55. The monoisotopic (exact) mass is 194 g/mol. The summed E-state index contributed by atoms with van der Waals surface area (Å²) in [6.45, 7) is 12.5. The maximum absolute atomic E-state index is 10.7. The molecule has 14 heavy (non-hydrogen) atoms. The van der Waals surface area contributed by atoms with Crippen LogP contribution < -0.4 is 0 Å². The summed E-state index contributed by atoms with van der Waals surface area (Å²) in [6.07, 6.45) is 6.22. The minimum absolute atomic E-state index is 0.276. The number of esters is 1. The lowest BCUT2D eigenvalue weighted by molar-refractivity contribution is -0.149. The molecule has 0 fully saturated rings. The molecule has 0 aromatic rings. The van der Waals surface area contributed by atoms with Gasteiger partial charge in [-0.15, -0.1) is 0 Å². The van der Waals surface area contributed by atoms with Crippen molar-refractivity contribution in [3.8, 4) is 0 Å². The highest BCUT2D eigenvalue weighted by atomic mass is 16.6. The molecular weight excluding hydrogens is 176 g/mol. The summed E-state index contributed by atoms with van der Waals surface area (Å²) in [7, 11) is 0. The van der Waals surface area contributed by atoms with Gasteiger partial charge in [-0.3, -0.25) is 4.79 Å². The Morgan fingerprint density at radius 1 is 1.50 bits per heavy atom. The lowest BCUT2D eigenvalue weighted by atomic mass is 10.1. The average molecular weight is 194 g/mol. The van der Waals surface area contributed by atoms with E-state index in [2.05, 4.69) is 13.2 Å². The van der Waals surface area contributed by atoms with Gasteiger partial charge in [-0.2, -0.15) is 0 Å². The molecule has 0 amide bonds. The second-order valence-electron chi connectivity index (χ2n) is 3.67. The molecule has 0 saturated carbocycles. The molecule has 78 valence electrons. The molecule has 0 saturated heterocycles. The van der Waals surface area contributed by atoms with Crippen molar-refractivity contribution in [1.82, 2.24) is 0 Å². The van der Waals surface area contributed by atoms with Gasteiger partial charge in [0.2, 0.25) is 0 Å². The molecule has 0 aliphatic heterocycles. The van der Waals surface area contributed by atoms with Crippen LogP contribution in [-0.2, 0) is 9.53 Å². The van der Waals surface area contributed by atoms with E-state index in [0.29, 0.717) is 0 Å². The minimum atomic E-state index is -0.548. The van der Waals surface area contributed by atoms with Crippen molar-refractivity contribution in [1.29, 1.82) is 0 Å². The molecule has 0 spiro atoms. The Balaban J connectivity index is 4.13. The largest absolute Gasteiger partial charge is 0.456 e. The third kappa shape index (κ3) is 6.23. The first kappa shape index (κ1) is 12.7. The number of hydrogen-bond acceptors (Lipinski definition) is 2. The van der Waals surface area contributed by atoms with Crippen molar-refractivity contribution in [2.75, 3.05) is 0 Å². The number of carbonyl (C=O) groups is 1. The molecule has 0 N–H and O–H groups in total. The van der Waals surface area contributed by atoms with Crippen molar-refractivity contribution in [3.63, 3.8) is 0 Å². The van der Waals surface area contributed by atoms with Crippen LogP contribution in [0.15, 0.2) is 37.0 Å². The second-order valence-corrected chi connectivity index (χ2v) is 3.67. The van der Waals surface area contributed by atoms with Crippen LogP contribution in [0.3, 0.4) is 0 Å². The van der Waals surface area contributed by atoms with Crippen molar-refractivity contribution in [2.24, 2.45) is 0 Å². The van der Waals surface area contributed by atoms with E-state index in [1.54, 1.807) is 6.08 Å². The van der Waals surface area contributed by atoms with Crippen molar-refractivity contribution in [3.05, 3.63) is 37.0 Å². The number of rotatable bonds is 5. The Morgan fingerprint density at radius 3 is 2.50 bits per heavy atom. The summed E-state index contributed by atoms with van der Waals surface area (Å²) in [5, 5.41) is 0. The number of hydrogen-bond donors (Lipinski definition) is 0. The smallest absolute Gasteiger partial charge is 0.303 e. The van der Waals surface area contributed by atoms with Gasteiger partial charge < -0.3 is 4.74 Å². The predicted octanol–water partition coefficient (Wildman–Crippen LogP) is 3.02. The van der Waals surface area contributed by atoms with Crippen LogP contribution in [0.5, 0.6) is 0 Å². The Hall–Kier alpha value is -1.31. The van der Waals surface area contributed by atoms with E-state index in [1.165, 1.54) is 6.92 Å². The van der Waals surface area contributed by atoms with Crippen LogP contribution >= 0.6 is 0 Å². The number of allylic oxidation sites excluding steroid dienone is 3. The van der Waals surface area contributed by atoms with Gasteiger partial charge in [-0.05, 0) is 26.3 Å². The SMILES string of the molecule is C=CC(=C)CC=CC(C)(C)OC(C)=O. The zero-order valence-corrected chi connectivity index (χ0v) is 9.17. The normalized spacial score (nSPS) is 11.4. The minimum Gasteiger partial charge on any atom is -0.456 e. The standard InChI is InChI=1S/C12H18O2/c1-6-10(2)8-7-9-12(4,5)14-11(3)13/h6-7,9H,1-2,8H2,3-5H3. The second kappa shape index (κ2) is 5.43. The van der Waals surface area contributed by atoms with Crippen LogP contribution in [0, 0.1) is 0 Å². The molecule has 0 rings (SSSR count). The predicted molar refractivity (Wildman–Crippen MR) is 58.9 cm³/mol.